The predicted octanol–water partition coefficient (Wildman–Crippen LogP) is 4.47. The molecule has 7 heteroatoms. The van der Waals surface area contributed by atoms with Gasteiger partial charge in [-0.15, -0.1) is 5.10 Å². The van der Waals surface area contributed by atoms with E-state index in [-0.39, 0.29) is 12.1 Å². The highest BCUT2D eigenvalue weighted by atomic mass is 35.5. The first-order valence-electron chi connectivity index (χ1n) is 8.98. The van der Waals surface area contributed by atoms with Crippen LogP contribution in [0, 0.1) is 0 Å². The van der Waals surface area contributed by atoms with Crippen molar-refractivity contribution in [2.75, 3.05) is 18.4 Å². The highest BCUT2D eigenvalue weighted by Crippen LogP contribution is 2.25. The van der Waals surface area contributed by atoms with Crippen molar-refractivity contribution in [3.8, 4) is 11.3 Å². The number of carbonyl (C=O) groups excluding carboxylic acids is 1. The fourth-order valence-electron chi connectivity index (χ4n) is 3.29. The normalized spacial score (nSPS) is 14.9. The average Bonchev–Trinajstić information content (AvgIpc) is 3.21. The molecular formula is C20H20ClN5O. The number of likely N-dealkylation sites (tertiary alicyclic amines) is 1. The summed E-state index contributed by atoms with van der Waals surface area (Å²) < 4.78 is 1.92. The number of halogens is 1. The predicted molar refractivity (Wildman–Crippen MR) is 106 cm³/mol. The van der Waals surface area contributed by atoms with Crippen molar-refractivity contribution in [2.45, 2.75) is 18.9 Å². The van der Waals surface area contributed by atoms with Crippen LogP contribution in [0.4, 0.5) is 10.5 Å². The van der Waals surface area contributed by atoms with E-state index in [1.54, 1.807) is 12.1 Å². The number of nitrogens with one attached hydrogen (secondary N) is 1. The van der Waals surface area contributed by atoms with E-state index >= 15 is 0 Å². The number of urea groups is 1. The van der Waals surface area contributed by atoms with E-state index in [1.165, 1.54) is 0 Å². The molecule has 1 N–H and O–H groups in total. The molecule has 6 nitrogen and oxygen atoms in total. The van der Waals surface area contributed by atoms with E-state index in [2.05, 4.69) is 15.6 Å². The Bertz CT molecular complexity index is 919. The second-order valence-electron chi connectivity index (χ2n) is 6.58. The van der Waals surface area contributed by atoms with Gasteiger partial charge >= 0.3 is 6.03 Å². The minimum atomic E-state index is -0.120. The monoisotopic (exact) mass is 381 g/mol. The zero-order valence-corrected chi connectivity index (χ0v) is 15.5. The Balaban J connectivity index is 1.36. The average molecular weight is 382 g/mol. The number of benzene rings is 2. The quantitative estimate of drug-likeness (QED) is 0.728. The van der Waals surface area contributed by atoms with Crippen LogP contribution in [0.5, 0.6) is 0 Å². The summed E-state index contributed by atoms with van der Waals surface area (Å²) in [5.41, 5.74) is 2.56. The minimum absolute atomic E-state index is 0.120. The molecule has 0 atom stereocenters. The summed E-state index contributed by atoms with van der Waals surface area (Å²) >= 11 is 6.11. The van der Waals surface area contributed by atoms with Gasteiger partial charge in [0.1, 0.15) is 5.69 Å². The summed E-state index contributed by atoms with van der Waals surface area (Å²) in [7, 11) is 0. The number of rotatable bonds is 3. The Kier molecular flexibility index (Phi) is 5.07. The van der Waals surface area contributed by atoms with Gasteiger partial charge in [-0.2, -0.15) is 0 Å². The largest absolute Gasteiger partial charge is 0.324 e. The van der Waals surface area contributed by atoms with Crippen LogP contribution < -0.4 is 5.32 Å². The van der Waals surface area contributed by atoms with Crippen LogP contribution in [0.2, 0.25) is 5.02 Å². The highest BCUT2D eigenvalue weighted by Gasteiger charge is 2.25. The van der Waals surface area contributed by atoms with Gasteiger partial charge in [-0.1, -0.05) is 59.3 Å². The van der Waals surface area contributed by atoms with Crippen LogP contribution in [0.3, 0.4) is 0 Å². The lowest BCUT2D eigenvalue weighted by Crippen LogP contribution is -2.41. The van der Waals surface area contributed by atoms with Crippen molar-refractivity contribution < 1.29 is 4.79 Å². The molecule has 0 radical (unpaired) electrons. The molecule has 0 aliphatic carbocycles. The molecule has 2 heterocycles. The molecule has 1 fully saturated rings. The van der Waals surface area contributed by atoms with Crippen LogP contribution in [-0.4, -0.2) is 39.0 Å². The van der Waals surface area contributed by atoms with Gasteiger partial charge in [0.05, 0.1) is 22.9 Å². The fraction of sp³-hybridized carbons (Fsp3) is 0.250. The molecule has 0 saturated carbocycles. The van der Waals surface area contributed by atoms with Crippen molar-refractivity contribution in [1.29, 1.82) is 0 Å². The first-order chi connectivity index (χ1) is 13.2. The Hall–Kier alpha value is -2.86. The summed E-state index contributed by atoms with van der Waals surface area (Å²) in [5.74, 6) is 0. The smallest absolute Gasteiger partial charge is 0.321 e. The molecule has 4 rings (SSSR count). The van der Waals surface area contributed by atoms with Gasteiger partial charge in [0.25, 0.3) is 0 Å². The lowest BCUT2D eigenvalue weighted by atomic mass is 10.1. The topological polar surface area (TPSA) is 63.1 Å². The van der Waals surface area contributed by atoms with E-state index in [1.807, 2.05) is 58.2 Å². The van der Waals surface area contributed by atoms with Crippen molar-refractivity contribution in [1.82, 2.24) is 19.9 Å². The van der Waals surface area contributed by atoms with E-state index in [4.69, 9.17) is 11.6 Å². The summed E-state index contributed by atoms with van der Waals surface area (Å²) in [6.07, 6.45) is 3.67. The SMILES string of the molecule is O=C(Nc1ccccc1Cl)N1CCC(n2cc(-c3ccccc3)nn2)CC1. The van der Waals surface area contributed by atoms with E-state index < -0.39 is 0 Å². The molecule has 0 bridgehead atoms. The molecule has 0 unspecified atom stereocenters. The van der Waals surface area contributed by atoms with Crippen molar-refractivity contribution in [3.63, 3.8) is 0 Å². The van der Waals surface area contributed by atoms with E-state index in [9.17, 15) is 4.79 Å². The van der Waals surface area contributed by atoms with Gasteiger partial charge in [0.2, 0.25) is 0 Å². The van der Waals surface area contributed by atoms with E-state index in [0.717, 1.165) is 24.1 Å². The Labute approximate surface area is 162 Å². The van der Waals surface area contributed by atoms with E-state index in [0.29, 0.717) is 23.8 Å². The molecule has 3 aromatic rings. The molecule has 138 valence electrons. The van der Waals surface area contributed by atoms with Crippen molar-refractivity contribution in [3.05, 3.63) is 65.8 Å². The van der Waals surface area contributed by atoms with Crippen LogP contribution in [0.25, 0.3) is 11.3 Å². The summed E-state index contributed by atoms with van der Waals surface area (Å²) in [6, 6.07) is 17.4. The first-order valence-corrected chi connectivity index (χ1v) is 9.36. The lowest BCUT2D eigenvalue weighted by Gasteiger charge is -2.31. The van der Waals surface area contributed by atoms with Crippen LogP contribution in [-0.2, 0) is 0 Å². The molecule has 1 aromatic heterocycles. The third kappa shape index (κ3) is 3.95. The minimum Gasteiger partial charge on any atom is -0.324 e. The number of amides is 2. The molecular weight excluding hydrogens is 362 g/mol. The number of aromatic nitrogens is 3. The molecule has 1 saturated heterocycles. The molecule has 2 amide bonds. The van der Waals surface area contributed by atoms with Gasteiger partial charge in [0.15, 0.2) is 0 Å². The van der Waals surface area contributed by atoms with Gasteiger partial charge in [-0.25, -0.2) is 9.48 Å². The third-order valence-electron chi connectivity index (χ3n) is 4.82. The van der Waals surface area contributed by atoms with Crippen LogP contribution in [0.1, 0.15) is 18.9 Å². The van der Waals surface area contributed by atoms with Crippen molar-refractivity contribution >= 4 is 23.3 Å². The number of carbonyl (C=O) groups is 1. The molecule has 0 spiro atoms. The first kappa shape index (κ1) is 17.5. The Morgan fingerprint density at radius 2 is 1.74 bits per heavy atom. The van der Waals surface area contributed by atoms with Gasteiger partial charge < -0.3 is 10.2 Å². The van der Waals surface area contributed by atoms with Gasteiger partial charge in [-0.3, -0.25) is 0 Å². The Morgan fingerprint density at radius 3 is 2.48 bits per heavy atom. The Morgan fingerprint density at radius 1 is 1.04 bits per heavy atom. The number of nitrogens with zero attached hydrogens (tertiary/aromatic N) is 4. The van der Waals surface area contributed by atoms with Crippen LogP contribution >= 0.6 is 11.6 Å². The standard InChI is InChI=1S/C20H20ClN5O/c21-17-8-4-5-9-18(17)22-20(27)25-12-10-16(11-13-25)26-14-19(23-24-26)15-6-2-1-3-7-15/h1-9,14,16H,10-13H2,(H,22,27). The fourth-order valence-corrected chi connectivity index (χ4v) is 3.47. The maximum Gasteiger partial charge on any atom is 0.321 e. The lowest BCUT2D eigenvalue weighted by molar-refractivity contribution is 0.179. The molecule has 27 heavy (non-hydrogen) atoms. The number of piperidine rings is 1. The van der Waals surface area contributed by atoms with Gasteiger partial charge in [0, 0.05) is 18.7 Å². The van der Waals surface area contributed by atoms with Gasteiger partial charge in [-0.05, 0) is 25.0 Å². The van der Waals surface area contributed by atoms with Crippen molar-refractivity contribution in [2.24, 2.45) is 0 Å². The summed E-state index contributed by atoms with van der Waals surface area (Å²) in [5, 5.41) is 12.0. The molecule has 2 aromatic carbocycles. The number of hydrogen-bond acceptors (Lipinski definition) is 3. The third-order valence-corrected chi connectivity index (χ3v) is 5.15. The maximum absolute atomic E-state index is 12.5. The van der Waals surface area contributed by atoms with Crippen LogP contribution in [0.15, 0.2) is 60.8 Å². The summed E-state index contributed by atoms with van der Waals surface area (Å²) in [6.45, 7) is 1.34. The second kappa shape index (κ2) is 7.80. The maximum atomic E-state index is 12.5. The molecule has 1 aliphatic rings. The number of hydrogen-bond donors (Lipinski definition) is 1. The number of para-hydroxylation sites is 1. The zero-order chi connectivity index (χ0) is 18.6. The second-order valence-corrected chi connectivity index (χ2v) is 6.99. The number of anilines is 1. The highest BCUT2D eigenvalue weighted by molar-refractivity contribution is 6.33. The zero-order valence-electron chi connectivity index (χ0n) is 14.8. The summed E-state index contributed by atoms with van der Waals surface area (Å²) in [4.78, 5) is 14.3. The molecule has 1 aliphatic heterocycles.